The van der Waals surface area contributed by atoms with Gasteiger partial charge in [0.25, 0.3) is 5.91 Å². The van der Waals surface area contributed by atoms with Gasteiger partial charge in [0, 0.05) is 5.69 Å². The van der Waals surface area contributed by atoms with Crippen LogP contribution >= 0.6 is 0 Å². The average molecular weight is 464 g/mol. The van der Waals surface area contributed by atoms with Crippen molar-refractivity contribution in [3.05, 3.63) is 66.0 Å². The molecule has 32 heavy (non-hydrogen) atoms. The molecule has 1 N–H and O–H groups in total. The van der Waals surface area contributed by atoms with Gasteiger partial charge in [-0.3, -0.25) is 4.79 Å². The van der Waals surface area contributed by atoms with Crippen LogP contribution in [-0.2, 0) is 16.0 Å². The summed E-state index contributed by atoms with van der Waals surface area (Å²) in [5, 5.41) is 9.47. The van der Waals surface area contributed by atoms with Crippen molar-refractivity contribution in [1.82, 2.24) is 15.0 Å². The second-order valence-electron chi connectivity index (χ2n) is 7.49. The van der Waals surface area contributed by atoms with Gasteiger partial charge < -0.3 is 5.32 Å². The lowest BCUT2D eigenvalue weighted by molar-refractivity contribution is -0.137. The molecule has 4 rings (SSSR count). The van der Waals surface area contributed by atoms with Crippen LogP contribution in [-0.4, -0.2) is 34.6 Å². The van der Waals surface area contributed by atoms with E-state index in [4.69, 9.17) is 0 Å². The summed E-state index contributed by atoms with van der Waals surface area (Å²) >= 11 is 0. The number of halogens is 3. The minimum atomic E-state index is -4.59. The first kappa shape index (κ1) is 22.0. The Kier molecular flexibility index (Phi) is 5.76. The van der Waals surface area contributed by atoms with Gasteiger partial charge in [-0.25, -0.2) is 13.1 Å². The predicted molar refractivity (Wildman–Crippen MR) is 110 cm³/mol. The molecule has 3 aromatic rings. The Morgan fingerprint density at radius 2 is 1.69 bits per heavy atom. The van der Waals surface area contributed by atoms with Crippen molar-refractivity contribution in [1.29, 1.82) is 0 Å². The molecule has 7 nitrogen and oxygen atoms in total. The normalized spacial score (nSPS) is 15.1. The highest BCUT2D eigenvalue weighted by Crippen LogP contribution is 2.33. The van der Waals surface area contributed by atoms with Crippen LogP contribution in [0.1, 0.15) is 41.7 Å². The summed E-state index contributed by atoms with van der Waals surface area (Å²) in [6.45, 7) is 0. The Hall–Kier alpha value is -3.21. The minimum absolute atomic E-state index is 0.190. The molecule has 0 bridgehead atoms. The molecule has 168 valence electrons. The van der Waals surface area contributed by atoms with E-state index in [9.17, 15) is 26.4 Å². The number of nitrogens with one attached hydrogen (secondary N) is 1. The summed E-state index contributed by atoms with van der Waals surface area (Å²) in [6.07, 6.45) is -0.412. The first-order valence-electron chi connectivity index (χ1n) is 9.90. The monoisotopic (exact) mass is 464 g/mol. The number of carbonyl (C=O) groups excluding carboxylic acids is 1. The SMILES string of the molecule is O=C(Nc1ccc(S(=O)(=O)C2CCCC2)cc1)c1cn(-c2ccccc2C(F)(F)F)nn1. The fourth-order valence-electron chi connectivity index (χ4n) is 3.71. The topological polar surface area (TPSA) is 94.0 Å². The second-order valence-corrected chi connectivity index (χ2v) is 9.72. The number of carbonyl (C=O) groups is 1. The molecule has 1 heterocycles. The molecule has 0 aliphatic heterocycles. The van der Waals surface area contributed by atoms with Crippen LogP contribution in [0.5, 0.6) is 0 Å². The number of benzene rings is 2. The summed E-state index contributed by atoms with van der Waals surface area (Å²) in [5.41, 5.74) is -1.03. The molecule has 1 aliphatic rings. The Morgan fingerprint density at radius 1 is 1.03 bits per heavy atom. The van der Waals surface area contributed by atoms with Crippen molar-refractivity contribution in [2.75, 3.05) is 5.32 Å². The zero-order valence-corrected chi connectivity index (χ0v) is 17.5. The summed E-state index contributed by atoms with van der Waals surface area (Å²) in [7, 11) is -3.41. The molecule has 0 saturated heterocycles. The van der Waals surface area contributed by atoms with Crippen LogP contribution in [0, 0.1) is 0 Å². The van der Waals surface area contributed by atoms with Crippen LogP contribution in [0.3, 0.4) is 0 Å². The number of anilines is 1. The smallest absolute Gasteiger partial charge is 0.321 e. The third-order valence-corrected chi connectivity index (χ3v) is 7.64. The largest absolute Gasteiger partial charge is 0.418 e. The van der Waals surface area contributed by atoms with Crippen molar-refractivity contribution in [3.63, 3.8) is 0 Å². The van der Waals surface area contributed by atoms with Crippen molar-refractivity contribution in [3.8, 4) is 5.69 Å². The molecule has 1 amide bonds. The van der Waals surface area contributed by atoms with Gasteiger partial charge in [-0.15, -0.1) is 5.10 Å². The van der Waals surface area contributed by atoms with E-state index in [0.717, 1.165) is 29.8 Å². The number of aromatic nitrogens is 3. The van der Waals surface area contributed by atoms with Crippen LogP contribution in [0.15, 0.2) is 59.6 Å². The Labute approximate surface area is 182 Å². The van der Waals surface area contributed by atoms with Gasteiger partial charge >= 0.3 is 6.18 Å². The maximum Gasteiger partial charge on any atom is 0.418 e. The fourth-order valence-corrected chi connectivity index (χ4v) is 5.57. The molecule has 11 heteroatoms. The molecular weight excluding hydrogens is 445 g/mol. The van der Waals surface area contributed by atoms with Gasteiger partial charge in [0.15, 0.2) is 15.5 Å². The van der Waals surface area contributed by atoms with Crippen molar-refractivity contribution >= 4 is 21.4 Å². The Balaban J connectivity index is 1.50. The van der Waals surface area contributed by atoms with E-state index in [2.05, 4.69) is 15.6 Å². The van der Waals surface area contributed by atoms with Crippen LogP contribution in [0.2, 0.25) is 0 Å². The van der Waals surface area contributed by atoms with Gasteiger partial charge in [-0.05, 0) is 49.2 Å². The summed E-state index contributed by atoms with van der Waals surface area (Å²) in [5.74, 6) is -0.688. The van der Waals surface area contributed by atoms with Gasteiger partial charge in [0.1, 0.15) is 0 Å². The highest BCUT2D eigenvalue weighted by Gasteiger charge is 2.34. The first-order valence-corrected chi connectivity index (χ1v) is 11.4. The quantitative estimate of drug-likeness (QED) is 0.609. The summed E-state index contributed by atoms with van der Waals surface area (Å²) in [4.78, 5) is 12.7. The van der Waals surface area contributed by atoms with Gasteiger partial charge in [-0.2, -0.15) is 13.2 Å². The lowest BCUT2D eigenvalue weighted by atomic mass is 10.1. The summed E-state index contributed by atoms with van der Waals surface area (Å²) < 4.78 is 65.8. The molecule has 1 saturated carbocycles. The van der Waals surface area contributed by atoms with E-state index >= 15 is 0 Å². The van der Waals surface area contributed by atoms with E-state index < -0.39 is 27.5 Å². The Morgan fingerprint density at radius 3 is 2.34 bits per heavy atom. The van der Waals surface area contributed by atoms with Gasteiger partial charge in [0.2, 0.25) is 0 Å². The number of sulfone groups is 1. The third-order valence-electron chi connectivity index (χ3n) is 5.36. The summed E-state index contributed by atoms with van der Waals surface area (Å²) in [6, 6.07) is 10.6. The van der Waals surface area contributed by atoms with Crippen molar-refractivity contribution in [2.45, 2.75) is 42.0 Å². The van der Waals surface area contributed by atoms with Crippen molar-refractivity contribution < 1.29 is 26.4 Å². The number of alkyl halides is 3. The maximum atomic E-state index is 13.2. The maximum absolute atomic E-state index is 13.2. The molecule has 0 spiro atoms. The number of para-hydroxylation sites is 1. The highest BCUT2D eigenvalue weighted by atomic mass is 32.2. The molecule has 0 radical (unpaired) electrons. The van der Waals surface area contributed by atoms with E-state index in [0.29, 0.717) is 18.5 Å². The van der Waals surface area contributed by atoms with Crippen LogP contribution in [0.4, 0.5) is 18.9 Å². The lowest BCUT2D eigenvalue weighted by Crippen LogP contribution is -2.18. The lowest BCUT2D eigenvalue weighted by Gasteiger charge is -2.12. The molecular formula is C21H19F3N4O3S. The van der Waals surface area contributed by atoms with E-state index in [1.165, 1.54) is 42.5 Å². The van der Waals surface area contributed by atoms with Gasteiger partial charge in [-0.1, -0.05) is 30.2 Å². The number of rotatable bonds is 5. The fraction of sp³-hybridized carbons (Fsp3) is 0.286. The Bertz CT molecular complexity index is 1230. The molecule has 1 fully saturated rings. The van der Waals surface area contributed by atoms with E-state index in [1.807, 2.05) is 0 Å². The average Bonchev–Trinajstić information content (AvgIpc) is 3.46. The third kappa shape index (κ3) is 4.38. The molecule has 1 aromatic heterocycles. The van der Waals surface area contributed by atoms with Gasteiger partial charge in [0.05, 0.1) is 27.6 Å². The highest BCUT2D eigenvalue weighted by molar-refractivity contribution is 7.92. The number of nitrogens with zero attached hydrogens (tertiary/aromatic N) is 3. The predicted octanol–water partition coefficient (Wildman–Crippen LogP) is 4.25. The van der Waals surface area contributed by atoms with Crippen molar-refractivity contribution in [2.24, 2.45) is 0 Å². The zero-order valence-electron chi connectivity index (χ0n) is 16.7. The number of hydrogen-bond acceptors (Lipinski definition) is 5. The van der Waals surface area contributed by atoms with Crippen LogP contribution < -0.4 is 5.32 Å². The number of hydrogen-bond donors (Lipinski definition) is 1. The standard InChI is InChI=1S/C21H19F3N4O3S/c22-21(23,24)17-7-3-4-8-19(17)28-13-18(26-27-28)20(29)25-14-9-11-16(12-10-14)32(30,31)15-5-1-2-6-15/h3-4,7-13,15H,1-2,5-6H2,(H,25,29). The molecule has 0 atom stereocenters. The van der Waals surface area contributed by atoms with Crippen LogP contribution in [0.25, 0.3) is 5.69 Å². The zero-order chi connectivity index (χ0) is 22.9. The molecule has 0 unspecified atom stereocenters. The first-order chi connectivity index (χ1) is 15.2. The minimum Gasteiger partial charge on any atom is -0.321 e. The van der Waals surface area contributed by atoms with E-state index in [1.54, 1.807) is 0 Å². The number of amides is 1. The molecule has 2 aromatic carbocycles. The second kappa shape index (κ2) is 8.38. The van der Waals surface area contributed by atoms with E-state index in [-0.39, 0.29) is 21.5 Å². The molecule has 1 aliphatic carbocycles.